The largest absolute Gasteiger partial charge is 0.478 e. The van der Waals surface area contributed by atoms with E-state index in [2.05, 4.69) is 5.10 Å². The molecule has 5 nitrogen and oxygen atoms in total. The minimum absolute atomic E-state index is 0.0969. The zero-order valence-corrected chi connectivity index (χ0v) is 10.2. The standard InChI is InChI=1S/C9H11IN2O3/c10-8-6(9(13)14)5-12(11-8)7-3-1-2-4-15-7/h5,7H,1-4H2,(H,13,14)/t7-/m1/s1. The van der Waals surface area contributed by atoms with Gasteiger partial charge in [-0.3, -0.25) is 0 Å². The third-order valence-electron chi connectivity index (χ3n) is 2.37. The van der Waals surface area contributed by atoms with Crippen LogP contribution in [0.5, 0.6) is 0 Å². The first-order chi connectivity index (χ1) is 7.18. The van der Waals surface area contributed by atoms with E-state index in [9.17, 15) is 4.79 Å². The average Bonchev–Trinajstić information content (AvgIpc) is 2.62. The number of ether oxygens (including phenoxy) is 1. The zero-order valence-electron chi connectivity index (χ0n) is 8.02. The minimum atomic E-state index is -0.943. The smallest absolute Gasteiger partial charge is 0.340 e. The van der Waals surface area contributed by atoms with Gasteiger partial charge in [-0.05, 0) is 41.9 Å². The molecular weight excluding hydrogens is 311 g/mol. The van der Waals surface area contributed by atoms with Crippen LogP contribution in [0.3, 0.4) is 0 Å². The number of aromatic nitrogens is 2. The Morgan fingerprint density at radius 3 is 3.00 bits per heavy atom. The molecular formula is C9H11IN2O3. The molecule has 82 valence electrons. The Morgan fingerprint density at radius 1 is 1.67 bits per heavy atom. The molecule has 0 unspecified atom stereocenters. The first-order valence-electron chi connectivity index (χ1n) is 4.78. The van der Waals surface area contributed by atoms with Crippen LogP contribution < -0.4 is 0 Å². The van der Waals surface area contributed by atoms with Gasteiger partial charge in [-0.1, -0.05) is 0 Å². The van der Waals surface area contributed by atoms with Crippen LogP contribution in [0.1, 0.15) is 35.8 Å². The quantitative estimate of drug-likeness (QED) is 0.845. The highest BCUT2D eigenvalue weighted by molar-refractivity contribution is 14.1. The van der Waals surface area contributed by atoms with Gasteiger partial charge in [0.15, 0.2) is 0 Å². The Morgan fingerprint density at radius 2 is 2.47 bits per heavy atom. The number of hydrogen-bond acceptors (Lipinski definition) is 3. The number of rotatable bonds is 2. The Balaban J connectivity index is 2.21. The summed E-state index contributed by atoms with van der Waals surface area (Å²) in [5.41, 5.74) is 0.241. The SMILES string of the molecule is O=C(O)c1cn([C@H]2CCCCO2)nc1I. The van der Waals surface area contributed by atoms with Gasteiger partial charge >= 0.3 is 5.97 Å². The van der Waals surface area contributed by atoms with E-state index in [0.29, 0.717) is 3.70 Å². The second kappa shape index (κ2) is 4.48. The molecule has 1 saturated heterocycles. The highest BCUT2D eigenvalue weighted by Crippen LogP contribution is 2.23. The number of carboxylic acids is 1. The van der Waals surface area contributed by atoms with Crippen LogP contribution in [0, 0.1) is 3.70 Å². The van der Waals surface area contributed by atoms with Gasteiger partial charge in [0.2, 0.25) is 0 Å². The van der Waals surface area contributed by atoms with Crippen LogP contribution >= 0.6 is 22.6 Å². The molecule has 2 rings (SSSR count). The van der Waals surface area contributed by atoms with Crippen molar-refractivity contribution in [3.8, 4) is 0 Å². The van der Waals surface area contributed by atoms with E-state index in [4.69, 9.17) is 9.84 Å². The molecule has 1 N–H and O–H groups in total. The summed E-state index contributed by atoms with van der Waals surface area (Å²) in [4.78, 5) is 10.8. The molecule has 0 saturated carbocycles. The fourth-order valence-corrected chi connectivity index (χ4v) is 2.21. The van der Waals surface area contributed by atoms with Crippen molar-refractivity contribution in [2.45, 2.75) is 25.5 Å². The summed E-state index contributed by atoms with van der Waals surface area (Å²) in [5, 5.41) is 13.0. The number of nitrogens with zero attached hydrogens (tertiary/aromatic N) is 2. The maximum Gasteiger partial charge on any atom is 0.340 e. The van der Waals surface area contributed by atoms with Crippen molar-refractivity contribution in [1.82, 2.24) is 9.78 Å². The first kappa shape index (κ1) is 10.9. The lowest BCUT2D eigenvalue weighted by molar-refractivity contribution is -0.0397. The van der Waals surface area contributed by atoms with Gasteiger partial charge in [0.1, 0.15) is 15.5 Å². The summed E-state index contributed by atoms with van der Waals surface area (Å²) in [6.45, 7) is 0.726. The molecule has 1 aromatic heterocycles. The van der Waals surface area contributed by atoms with Gasteiger partial charge in [0.25, 0.3) is 0 Å². The topological polar surface area (TPSA) is 64.3 Å². The summed E-state index contributed by atoms with van der Waals surface area (Å²) in [7, 11) is 0. The predicted octanol–water partition coefficient (Wildman–Crippen LogP) is 1.89. The molecule has 1 aliphatic rings. The Labute approximate surface area is 101 Å². The molecule has 15 heavy (non-hydrogen) atoms. The van der Waals surface area contributed by atoms with Crippen LogP contribution in [0.25, 0.3) is 0 Å². The summed E-state index contributed by atoms with van der Waals surface area (Å²) in [6.07, 6.45) is 4.52. The maximum atomic E-state index is 10.8. The maximum absolute atomic E-state index is 10.8. The van der Waals surface area contributed by atoms with Gasteiger partial charge < -0.3 is 9.84 Å². The molecule has 6 heteroatoms. The monoisotopic (exact) mass is 322 g/mol. The van der Waals surface area contributed by atoms with Crippen molar-refractivity contribution in [2.75, 3.05) is 6.61 Å². The van der Waals surface area contributed by atoms with E-state index in [1.54, 1.807) is 10.9 Å². The van der Waals surface area contributed by atoms with Crippen molar-refractivity contribution >= 4 is 28.6 Å². The fraction of sp³-hybridized carbons (Fsp3) is 0.556. The lowest BCUT2D eigenvalue weighted by atomic mass is 10.2. The fourth-order valence-electron chi connectivity index (χ4n) is 1.59. The Bertz CT molecular complexity index is 371. The number of carboxylic acid groups (broad SMARTS) is 1. The lowest BCUT2D eigenvalue weighted by Crippen LogP contribution is -2.18. The van der Waals surface area contributed by atoms with E-state index in [1.165, 1.54) is 0 Å². The first-order valence-corrected chi connectivity index (χ1v) is 5.86. The summed E-state index contributed by atoms with van der Waals surface area (Å²) < 4.78 is 7.64. The molecule has 0 radical (unpaired) electrons. The number of halogens is 1. The zero-order chi connectivity index (χ0) is 10.8. The highest BCUT2D eigenvalue weighted by atomic mass is 127. The number of aromatic carboxylic acids is 1. The highest BCUT2D eigenvalue weighted by Gasteiger charge is 2.20. The molecule has 0 bridgehead atoms. The van der Waals surface area contributed by atoms with Crippen LogP contribution in [-0.2, 0) is 4.74 Å². The van der Waals surface area contributed by atoms with E-state index >= 15 is 0 Å². The normalized spacial score (nSPS) is 21.5. The molecule has 1 aliphatic heterocycles. The van der Waals surface area contributed by atoms with Gasteiger partial charge in [-0.2, -0.15) is 5.10 Å². The van der Waals surface area contributed by atoms with Crippen LogP contribution in [0.15, 0.2) is 6.20 Å². The van der Waals surface area contributed by atoms with Crippen molar-refractivity contribution in [2.24, 2.45) is 0 Å². The van der Waals surface area contributed by atoms with E-state index in [-0.39, 0.29) is 11.8 Å². The summed E-state index contributed by atoms with van der Waals surface area (Å²) in [6, 6.07) is 0. The third-order valence-corrected chi connectivity index (χ3v) is 3.16. The molecule has 2 heterocycles. The molecule has 1 atom stereocenters. The average molecular weight is 322 g/mol. The predicted molar refractivity (Wildman–Crippen MR) is 60.7 cm³/mol. The third kappa shape index (κ3) is 2.31. The van der Waals surface area contributed by atoms with Crippen molar-refractivity contribution in [3.05, 3.63) is 15.5 Å². The van der Waals surface area contributed by atoms with Crippen molar-refractivity contribution in [1.29, 1.82) is 0 Å². The molecule has 1 fully saturated rings. The summed E-state index contributed by atoms with van der Waals surface area (Å²) >= 11 is 1.92. The molecule has 1 aromatic rings. The van der Waals surface area contributed by atoms with E-state index < -0.39 is 5.97 Å². The second-order valence-electron chi connectivity index (χ2n) is 3.44. The number of hydrogen-bond donors (Lipinski definition) is 1. The van der Waals surface area contributed by atoms with Crippen LogP contribution in [0.4, 0.5) is 0 Å². The molecule has 0 amide bonds. The van der Waals surface area contributed by atoms with Crippen molar-refractivity contribution < 1.29 is 14.6 Å². The van der Waals surface area contributed by atoms with Gasteiger partial charge in [0, 0.05) is 12.8 Å². The Hall–Kier alpha value is -0.630. The van der Waals surface area contributed by atoms with Crippen LogP contribution in [0.2, 0.25) is 0 Å². The van der Waals surface area contributed by atoms with Gasteiger partial charge in [0.05, 0.1) is 0 Å². The minimum Gasteiger partial charge on any atom is -0.478 e. The summed E-state index contributed by atoms with van der Waals surface area (Å²) in [5.74, 6) is -0.943. The second-order valence-corrected chi connectivity index (χ2v) is 4.46. The molecule has 0 aromatic carbocycles. The van der Waals surface area contributed by atoms with Crippen molar-refractivity contribution in [3.63, 3.8) is 0 Å². The van der Waals surface area contributed by atoms with Crippen LogP contribution in [-0.4, -0.2) is 27.5 Å². The Kier molecular flexibility index (Phi) is 3.25. The van der Waals surface area contributed by atoms with E-state index in [0.717, 1.165) is 25.9 Å². The van der Waals surface area contributed by atoms with E-state index in [1.807, 2.05) is 22.6 Å². The lowest BCUT2D eigenvalue weighted by Gasteiger charge is -2.22. The number of carbonyl (C=O) groups is 1. The van der Waals surface area contributed by atoms with Gasteiger partial charge in [-0.25, -0.2) is 9.48 Å². The molecule has 0 aliphatic carbocycles. The van der Waals surface area contributed by atoms with Gasteiger partial charge in [-0.15, -0.1) is 0 Å². The molecule has 0 spiro atoms.